The molecule has 2 aliphatic rings. The van der Waals surface area contributed by atoms with Gasteiger partial charge < -0.3 is 19.5 Å². The van der Waals surface area contributed by atoms with Crippen LogP contribution in [0.1, 0.15) is 29.6 Å². The summed E-state index contributed by atoms with van der Waals surface area (Å²) in [6.07, 6.45) is 4.90. The Hall–Kier alpha value is -3.51. The molecule has 1 amide bonds. The molecule has 32 heavy (non-hydrogen) atoms. The van der Waals surface area contributed by atoms with E-state index in [1.165, 1.54) is 10.5 Å². The number of hydrogen-bond donors (Lipinski definition) is 2. The molecule has 1 fully saturated rings. The smallest absolute Gasteiger partial charge is 0.290 e. The van der Waals surface area contributed by atoms with Crippen molar-refractivity contribution in [2.75, 3.05) is 11.9 Å². The molecule has 11 nitrogen and oxygen atoms in total. The number of benzene rings is 1. The highest BCUT2D eigenvalue weighted by Crippen LogP contribution is 2.55. The van der Waals surface area contributed by atoms with Crippen molar-refractivity contribution < 1.29 is 27.6 Å². The SMILES string of the molecule is Cc1oncc1S(=O)(=O)N1CC[C@]2(C(=O)Nc3ccccc32)[C@@H]1c1nccn1C.O=CO. The molecule has 1 saturated heterocycles. The molecular formula is C20H21N5O6S. The Morgan fingerprint density at radius 2 is 2.06 bits per heavy atom. The van der Waals surface area contributed by atoms with E-state index >= 15 is 0 Å². The molecule has 0 saturated carbocycles. The number of carboxylic acid groups (broad SMARTS) is 1. The molecule has 5 rings (SSSR count). The van der Waals surface area contributed by atoms with E-state index in [1.807, 2.05) is 24.3 Å². The predicted octanol–water partition coefficient (Wildman–Crippen LogP) is 1.44. The number of nitrogens with zero attached hydrogens (tertiary/aromatic N) is 4. The second kappa shape index (κ2) is 7.88. The van der Waals surface area contributed by atoms with Crippen LogP contribution in [0.15, 0.2) is 52.3 Å². The zero-order valence-electron chi connectivity index (χ0n) is 17.3. The van der Waals surface area contributed by atoms with Crippen LogP contribution in [0.4, 0.5) is 5.69 Å². The molecule has 2 atom stereocenters. The van der Waals surface area contributed by atoms with Crippen LogP contribution in [0.3, 0.4) is 0 Å². The Bertz CT molecular complexity index is 1280. The van der Waals surface area contributed by atoms with Gasteiger partial charge in [-0.25, -0.2) is 13.4 Å². The van der Waals surface area contributed by atoms with Gasteiger partial charge in [0.25, 0.3) is 6.47 Å². The molecule has 0 bridgehead atoms. The number of rotatable bonds is 3. The number of aromatic nitrogens is 3. The van der Waals surface area contributed by atoms with Gasteiger partial charge in [0.1, 0.15) is 22.2 Å². The lowest BCUT2D eigenvalue weighted by Gasteiger charge is -2.32. The maximum Gasteiger partial charge on any atom is 0.290 e. The van der Waals surface area contributed by atoms with Crippen LogP contribution in [0, 0.1) is 6.92 Å². The maximum atomic E-state index is 13.5. The van der Waals surface area contributed by atoms with Crippen molar-refractivity contribution in [2.24, 2.45) is 7.05 Å². The number of carbonyl (C=O) groups is 2. The number of fused-ring (bicyclic) bond motifs is 2. The number of nitrogens with one attached hydrogen (secondary N) is 1. The first-order valence-electron chi connectivity index (χ1n) is 9.68. The van der Waals surface area contributed by atoms with Crippen LogP contribution in [-0.4, -0.2) is 51.5 Å². The van der Waals surface area contributed by atoms with E-state index in [1.54, 1.807) is 30.9 Å². The fourth-order valence-electron chi connectivity index (χ4n) is 4.57. The largest absolute Gasteiger partial charge is 0.483 e. The van der Waals surface area contributed by atoms with Crippen molar-refractivity contribution >= 4 is 28.1 Å². The second-order valence-corrected chi connectivity index (χ2v) is 9.35. The molecule has 3 aromatic rings. The van der Waals surface area contributed by atoms with E-state index < -0.39 is 21.5 Å². The first-order valence-corrected chi connectivity index (χ1v) is 11.1. The minimum Gasteiger partial charge on any atom is -0.483 e. The van der Waals surface area contributed by atoms with Gasteiger partial charge >= 0.3 is 0 Å². The number of hydrogen-bond acceptors (Lipinski definition) is 7. The van der Waals surface area contributed by atoms with Gasteiger partial charge in [0.2, 0.25) is 15.9 Å². The molecule has 0 unspecified atom stereocenters. The maximum absolute atomic E-state index is 13.5. The van der Waals surface area contributed by atoms with Gasteiger partial charge in [-0.1, -0.05) is 23.4 Å². The third kappa shape index (κ3) is 3.02. The fraction of sp³-hybridized carbons (Fsp3) is 0.300. The van der Waals surface area contributed by atoms with E-state index in [9.17, 15) is 13.2 Å². The van der Waals surface area contributed by atoms with Gasteiger partial charge in [0, 0.05) is 31.7 Å². The number of sulfonamides is 1. The van der Waals surface area contributed by atoms with Crippen LogP contribution in [0.2, 0.25) is 0 Å². The van der Waals surface area contributed by atoms with Gasteiger partial charge in [0.15, 0.2) is 5.76 Å². The summed E-state index contributed by atoms with van der Waals surface area (Å²) in [5, 5.41) is 13.4. The number of aryl methyl sites for hydroxylation is 2. The quantitative estimate of drug-likeness (QED) is 0.559. The molecule has 2 N–H and O–H groups in total. The van der Waals surface area contributed by atoms with Gasteiger partial charge in [-0.05, 0) is 25.0 Å². The van der Waals surface area contributed by atoms with Crippen LogP contribution in [0.25, 0.3) is 0 Å². The highest BCUT2D eigenvalue weighted by molar-refractivity contribution is 7.89. The molecule has 0 aliphatic carbocycles. The van der Waals surface area contributed by atoms with Crippen LogP contribution >= 0.6 is 0 Å². The summed E-state index contributed by atoms with van der Waals surface area (Å²) in [6.45, 7) is 1.48. The first kappa shape index (κ1) is 21.7. The molecule has 1 spiro atoms. The number of amides is 1. The number of imidazole rings is 1. The topological polar surface area (TPSA) is 148 Å². The lowest BCUT2D eigenvalue weighted by atomic mass is 9.75. The Morgan fingerprint density at radius 1 is 1.34 bits per heavy atom. The Labute approximate surface area is 183 Å². The van der Waals surface area contributed by atoms with Crippen LogP contribution in [0.5, 0.6) is 0 Å². The summed E-state index contributed by atoms with van der Waals surface area (Å²) in [4.78, 5) is 26.1. The van der Waals surface area contributed by atoms with Crippen molar-refractivity contribution in [3.63, 3.8) is 0 Å². The minimum atomic E-state index is -3.96. The summed E-state index contributed by atoms with van der Waals surface area (Å²) >= 11 is 0. The molecule has 2 aromatic heterocycles. The zero-order chi connectivity index (χ0) is 23.1. The first-order chi connectivity index (χ1) is 15.3. The molecule has 12 heteroatoms. The van der Waals surface area contributed by atoms with E-state index in [4.69, 9.17) is 14.4 Å². The highest BCUT2D eigenvalue weighted by Gasteiger charge is 2.62. The molecule has 2 aliphatic heterocycles. The van der Waals surface area contributed by atoms with Crippen molar-refractivity contribution in [2.45, 2.75) is 29.7 Å². The molecular weight excluding hydrogens is 438 g/mol. The van der Waals surface area contributed by atoms with Gasteiger partial charge in [-0.2, -0.15) is 4.31 Å². The fourth-order valence-corrected chi connectivity index (χ4v) is 6.28. The Balaban J connectivity index is 0.000000775. The molecule has 168 valence electrons. The van der Waals surface area contributed by atoms with Crippen LogP contribution < -0.4 is 5.32 Å². The van der Waals surface area contributed by atoms with E-state index in [0.717, 1.165) is 5.56 Å². The van der Waals surface area contributed by atoms with Crippen molar-refractivity contribution in [3.05, 3.63) is 60.0 Å². The molecule has 0 radical (unpaired) electrons. The molecule has 1 aromatic carbocycles. The normalized spacial score (nSPS) is 22.3. The monoisotopic (exact) mass is 459 g/mol. The predicted molar refractivity (Wildman–Crippen MR) is 111 cm³/mol. The van der Waals surface area contributed by atoms with Gasteiger partial charge in [0.05, 0.1) is 6.20 Å². The number of carbonyl (C=O) groups excluding carboxylic acids is 1. The highest BCUT2D eigenvalue weighted by atomic mass is 32.2. The summed E-state index contributed by atoms with van der Waals surface area (Å²) < 4.78 is 35.2. The summed E-state index contributed by atoms with van der Waals surface area (Å²) in [6, 6.07) is 6.61. The minimum absolute atomic E-state index is 0.000416. The van der Waals surface area contributed by atoms with E-state index in [0.29, 0.717) is 17.9 Å². The van der Waals surface area contributed by atoms with Crippen molar-refractivity contribution in [1.29, 1.82) is 0 Å². The average Bonchev–Trinajstić information content (AvgIpc) is 3.51. The van der Waals surface area contributed by atoms with Gasteiger partial charge in [-0.3, -0.25) is 9.59 Å². The summed E-state index contributed by atoms with van der Waals surface area (Å²) in [5.74, 6) is 0.499. The van der Waals surface area contributed by atoms with E-state index in [-0.39, 0.29) is 29.6 Å². The van der Waals surface area contributed by atoms with E-state index in [2.05, 4.69) is 15.5 Å². The molecule has 4 heterocycles. The standard InChI is InChI=1S/C19H19N5O4S.CH2O2/c1-12-15(11-21-28-12)29(26,27)24-9-7-19(16(24)17-20-8-10-23(17)2)13-5-3-4-6-14(13)22-18(19)25;2-1-3/h3-6,8,10-11,16H,7,9H2,1-2H3,(H,22,25);1H,(H,2,3)/t16-,19+;/m0./s1. The van der Waals surface area contributed by atoms with Crippen molar-refractivity contribution in [1.82, 2.24) is 19.0 Å². The summed E-state index contributed by atoms with van der Waals surface area (Å²) in [5.41, 5.74) is 0.434. The zero-order valence-corrected chi connectivity index (χ0v) is 18.1. The lowest BCUT2D eigenvalue weighted by molar-refractivity contribution is -0.123. The lowest BCUT2D eigenvalue weighted by Crippen LogP contribution is -2.43. The number of para-hydroxylation sites is 1. The Kier molecular flexibility index (Phi) is 5.34. The number of anilines is 1. The second-order valence-electron chi connectivity index (χ2n) is 7.49. The van der Waals surface area contributed by atoms with Crippen LogP contribution in [-0.2, 0) is 32.1 Å². The Morgan fingerprint density at radius 3 is 2.69 bits per heavy atom. The average molecular weight is 459 g/mol. The third-order valence-electron chi connectivity index (χ3n) is 5.94. The van der Waals surface area contributed by atoms with Gasteiger partial charge in [-0.15, -0.1) is 0 Å². The summed E-state index contributed by atoms with van der Waals surface area (Å²) in [7, 11) is -2.17. The van der Waals surface area contributed by atoms with Crippen molar-refractivity contribution in [3.8, 4) is 0 Å². The third-order valence-corrected chi connectivity index (χ3v) is 7.90.